The van der Waals surface area contributed by atoms with Crippen LogP contribution in [0.15, 0.2) is 102 Å². The molecule has 0 aliphatic carbocycles. The molecule has 0 unspecified atom stereocenters. The van der Waals surface area contributed by atoms with E-state index in [1.54, 1.807) is 11.3 Å². The molecule has 0 radical (unpaired) electrons. The SMILES string of the molecule is C/C(=C\c1csc(C)n1)CCC[P+](c1ccccc1)(c1ccccc1)c1ccccc1. The smallest absolute Gasteiger partial charge is 0.112 e. The maximum atomic E-state index is 4.60. The quantitative estimate of drug-likeness (QED) is 0.279. The fourth-order valence-corrected chi connectivity index (χ4v) is 9.16. The van der Waals surface area contributed by atoms with Crippen LogP contribution in [-0.4, -0.2) is 11.1 Å². The Morgan fingerprint density at radius 2 is 1.29 bits per heavy atom. The summed E-state index contributed by atoms with van der Waals surface area (Å²) in [5, 5.41) is 7.66. The minimum Gasteiger partial charge on any atom is -0.242 e. The fourth-order valence-electron chi connectivity index (χ4n) is 4.25. The first-order valence-corrected chi connectivity index (χ1v) is 13.7. The Hall–Kier alpha value is -2.54. The zero-order valence-corrected chi connectivity index (χ0v) is 19.9. The highest BCUT2D eigenvalue weighted by Crippen LogP contribution is 2.56. The number of aryl methyl sites for hydroxylation is 1. The van der Waals surface area contributed by atoms with Crippen molar-refractivity contribution in [3.63, 3.8) is 0 Å². The summed E-state index contributed by atoms with van der Waals surface area (Å²) in [6.45, 7) is 4.30. The lowest BCUT2D eigenvalue weighted by atomic mass is 10.1. The molecule has 0 saturated carbocycles. The average molecular weight is 443 g/mol. The van der Waals surface area contributed by atoms with Crippen LogP contribution in [0.3, 0.4) is 0 Å². The molecule has 0 atom stereocenters. The second-order valence-electron chi connectivity index (χ2n) is 7.93. The molecule has 1 aromatic heterocycles. The van der Waals surface area contributed by atoms with Gasteiger partial charge < -0.3 is 0 Å². The normalized spacial score (nSPS) is 12.1. The van der Waals surface area contributed by atoms with Crippen molar-refractivity contribution in [2.24, 2.45) is 0 Å². The molecule has 31 heavy (non-hydrogen) atoms. The molecule has 4 aromatic rings. The van der Waals surface area contributed by atoms with Gasteiger partial charge in [-0.2, -0.15) is 0 Å². The third-order valence-corrected chi connectivity index (χ3v) is 11.0. The van der Waals surface area contributed by atoms with Crippen LogP contribution in [0.5, 0.6) is 0 Å². The molecule has 4 rings (SSSR count). The Labute approximate surface area is 190 Å². The Morgan fingerprint density at radius 1 is 0.806 bits per heavy atom. The van der Waals surface area contributed by atoms with Crippen molar-refractivity contribution in [3.8, 4) is 0 Å². The van der Waals surface area contributed by atoms with Crippen LogP contribution in [0, 0.1) is 6.92 Å². The molecule has 3 heteroatoms. The number of hydrogen-bond acceptors (Lipinski definition) is 2. The molecular weight excluding hydrogens is 413 g/mol. The van der Waals surface area contributed by atoms with Crippen molar-refractivity contribution in [2.75, 3.05) is 6.16 Å². The third kappa shape index (κ3) is 5.03. The van der Waals surface area contributed by atoms with Gasteiger partial charge in [0.1, 0.15) is 23.2 Å². The predicted octanol–water partition coefficient (Wildman–Crippen LogP) is 6.63. The number of hydrogen-bond donors (Lipinski definition) is 0. The topological polar surface area (TPSA) is 12.9 Å². The maximum absolute atomic E-state index is 4.60. The van der Waals surface area contributed by atoms with Crippen molar-refractivity contribution in [1.82, 2.24) is 4.98 Å². The summed E-state index contributed by atoms with van der Waals surface area (Å²) in [5.41, 5.74) is 2.49. The molecule has 1 heterocycles. The van der Waals surface area contributed by atoms with E-state index in [-0.39, 0.29) is 0 Å². The Kier molecular flexibility index (Phi) is 7.12. The van der Waals surface area contributed by atoms with Crippen LogP contribution in [0.25, 0.3) is 6.08 Å². The average Bonchev–Trinajstić information content (AvgIpc) is 3.23. The third-order valence-electron chi connectivity index (χ3n) is 5.69. The van der Waals surface area contributed by atoms with Gasteiger partial charge >= 0.3 is 0 Å². The maximum Gasteiger partial charge on any atom is 0.112 e. The van der Waals surface area contributed by atoms with Crippen molar-refractivity contribution in [2.45, 2.75) is 26.7 Å². The van der Waals surface area contributed by atoms with E-state index < -0.39 is 7.26 Å². The first-order valence-electron chi connectivity index (χ1n) is 10.8. The van der Waals surface area contributed by atoms with E-state index in [0.29, 0.717) is 0 Å². The highest BCUT2D eigenvalue weighted by molar-refractivity contribution is 7.95. The van der Waals surface area contributed by atoms with E-state index in [1.807, 2.05) is 0 Å². The molecular formula is C28H29NPS+. The molecule has 0 fully saturated rings. The molecule has 0 bridgehead atoms. The lowest BCUT2D eigenvalue weighted by Crippen LogP contribution is -2.33. The van der Waals surface area contributed by atoms with Crippen molar-refractivity contribution in [3.05, 3.63) is 113 Å². The van der Waals surface area contributed by atoms with Gasteiger partial charge in [0, 0.05) is 5.38 Å². The molecule has 3 aromatic carbocycles. The Balaban J connectivity index is 1.69. The van der Waals surface area contributed by atoms with Crippen LogP contribution >= 0.6 is 18.6 Å². The highest BCUT2D eigenvalue weighted by atomic mass is 32.1. The zero-order chi connectivity index (χ0) is 21.5. The summed E-state index contributed by atoms with van der Waals surface area (Å²) in [5.74, 6) is 0. The number of benzene rings is 3. The first-order chi connectivity index (χ1) is 15.2. The predicted molar refractivity (Wildman–Crippen MR) is 140 cm³/mol. The molecule has 0 aliphatic rings. The van der Waals surface area contributed by atoms with Crippen LogP contribution < -0.4 is 15.9 Å². The zero-order valence-electron chi connectivity index (χ0n) is 18.2. The van der Waals surface area contributed by atoms with Crippen LogP contribution in [0.1, 0.15) is 30.5 Å². The largest absolute Gasteiger partial charge is 0.242 e. The number of nitrogens with zero attached hydrogens (tertiary/aromatic N) is 1. The van der Waals surface area contributed by atoms with Gasteiger partial charge in [-0.1, -0.05) is 60.2 Å². The second-order valence-corrected chi connectivity index (χ2v) is 12.6. The van der Waals surface area contributed by atoms with E-state index in [4.69, 9.17) is 0 Å². The first kappa shape index (κ1) is 21.7. The van der Waals surface area contributed by atoms with Crippen molar-refractivity contribution >= 4 is 40.6 Å². The number of allylic oxidation sites excluding steroid dienone is 1. The lowest BCUT2D eigenvalue weighted by Gasteiger charge is -2.27. The summed E-state index contributed by atoms with van der Waals surface area (Å²) in [6, 6.07) is 33.5. The van der Waals surface area contributed by atoms with Gasteiger partial charge in [-0.3, -0.25) is 0 Å². The van der Waals surface area contributed by atoms with Gasteiger partial charge in [0.05, 0.1) is 16.9 Å². The molecule has 0 aliphatic heterocycles. The highest BCUT2D eigenvalue weighted by Gasteiger charge is 2.44. The van der Waals surface area contributed by atoms with Crippen LogP contribution in [0.4, 0.5) is 0 Å². The van der Waals surface area contributed by atoms with Gasteiger partial charge in [-0.05, 0) is 69.2 Å². The molecule has 0 saturated heterocycles. The van der Waals surface area contributed by atoms with E-state index in [9.17, 15) is 0 Å². The van der Waals surface area contributed by atoms with E-state index in [1.165, 1.54) is 21.5 Å². The Bertz CT molecular complexity index is 1020. The number of thiazole rings is 1. The Morgan fingerprint density at radius 3 is 1.71 bits per heavy atom. The van der Waals surface area contributed by atoms with E-state index >= 15 is 0 Å². The molecule has 0 spiro atoms. The minimum atomic E-state index is -1.73. The van der Waals surface area contributed by atoms with E-state index in [2.05, 4.69) is 121 Å². The summed E-state index contributed by atoms with van der Waals surface area (Å²) in [7, 11) is -1.73. The second kappa shape index (κ2) is 10.2. The lowest BCUT2D eigenvalue weighted by molar-refractivity contribution is 0.917. The molecule has 156 valence electrons. The van der Waals surface area contributed by atoms with Crippen LogP contribution in [0.2, 0.25) is 0 Å². The summed E-state index contributed by atoms with van der Waals surface area (Å²) >= 11 is 1.72. The van der Waals surface area contributed by atoms with Crippen molar-refractivity contribution < 1.29 is 0 Å². The summed E-state index contributed by atoms with van der Waals surface area (Å²) in [6.07, 6.45) is 5.65. The van der Waals surface area contributed by atoms with Gasteiger partial charge in [-0.25, -0.2) is 4.98 Å². The van der Waals surface area contributed by atoms with Gasteiger partial charge in [0.2, 0.25) is 0 Å². The molecule has 1 nitrogen and oxygen atoms in total. The van der Waals surface area contributed by atoms with Gasteiger partial charge in [-0.15, -0.1) is 11.3 Å². The number of aromatic nitrogens is 1. The monoisotopic (exact) mass is 442 g/mol. The standard InChI is InChI=1S/C28H29NPS/c1-23(21-25-22-31-24(2)29-25)13-12-20-30(26-14-6-3-7-15-26,27-16-8-4-9-17-27)28-18-10-5-11-19-28/h3-11,14-19,21-22H,12-13,20H2,1-2H3/q+1/b23-21+. The molecule has 0 N–H and O–H groups in total. The van der Waals surface area contributed by atoms with E-state index in [0.717, 1.165) is 29.7 Å². The number of rotatable bonds is 8. The fraction of sp³-hybridized carbons (Fsp3) is 0.179. The van der Waals surface area contributed by atoms with Gasteiger partial charge in [0.25, 0.3) is 0 Å². The summed E-state index contributed by atoms with van der Waals surface area (Å²) in [4.78, 5) is 4.60. The van der Waals surface area contributed by atoms with Crippen molar-refractivity contribution in [1.29, 1.82) is 0 Å². The minimum absolute atomic E-state index is 1.09. The summed E-state index contributed by atoms with van der Waals surface area (Å²) < 4.78 is 0. The van der Waals surface area contributed by atoms with Gasteiger partial charge in [0.15, 0.2) is 0 Å². The molecule has 0 amide bonds. The van der Waals surface area contributed by atoms with Crippen LogP contribution in [-0.2, 0) is 0 Å².